The van der Waals surface area contributed by atoms with E-state index in [2.05, 4.69) is 4.72 Å². The number of nitrogens with one attached hydrogen (secondary N) is 1. The summed E-state index contributed by atoms with van der Waals surface area (Å²) in [6.07, 6.45) is 0.736. The van der Waals surface area contributed by atoms with Gasteiger partial charge in [-0.2, -0.15) is 0 Å². The van der Waals surface area contributed by atoms with Crippen LogP contribution in [0.2, 0.25) is 5.02 Å². The normalized spacial score (nSPS) is 14.2. The molecule has 1 amide bonds. The molecule has 0 saturated heterocycles. The van der Waals surface area contributed by atoms with Crippen molar-refractivity contribution in [1.82, 2.24) is 4.90 Å². The van der Waals surface area contributed by atoms with Crippen LogP contribution >= 0.6 is 11.6 Å². The van der Waals surface area contributed by atoms with Gasteiger partial charge >= 0.3 is 0 Å². The summed E-state index contributed by atoms with van der Waals surface area (Å²) in [6, 6.07) is 11.5. The number of benzene rings is 2. The summed E-state index contributed by atoms with van der Waals surface area (Å²) in [7, 11) is -3.69. The third kappa shape index (κ3) is 3.55. The first-order valence-electron chi connectivity index (χ1n) is 7.51. The number of fused-ring (bicyclic) bond motifs is 1. The van der Waals surface area contributed by atoms with Crippen molar-refractivity contribution in [3.63, 3.8) is 0 Å². The van der Waals surface area contributed by atoms with Gasteiger partial charge in [0.15, 0.2) is 0 Å². The van der Waals surface area contributed by atoms with Gasteiger partial charge in [0.25, 0.3) is 10.0 Å². The SMILES string of the molecule is CC(=O)N1CCc2ccc(S(=O)(=O)Nc3ccc(Cl)cc3)cc2C1. The number of carbonyl (C=O) groups is 1. The summed E-state index contributed by atoms with van der Waals surface area (Å²) < 4.78 is 27.7. The summed E-state index contributed by atoms with van der Waals surface area (Å²) in [5.74, 6) is -0.00630. The van der Waals surface area contributed by atoms with E-state index < -0.39 is 10.0 Å². The molecule has 2 aromatic rings. The molecule has 0 unspecified atom stereocenters. The van der Waals surface area contributed by atoms with Gasteiger partial charge in [-0.3, -0.25) is 9.52 Å². The van der Waals surface area contributed by atoms with E-state index >= 15 is 0 Å². The van der Waals surface area contributed by atoms with Gasteiger partial charge in [0.05, 0.1) is 4.90 Å². The van der Waals surface area contributed by atoms with Crippen LogP contribution in [-0.2, 0) is 27.8 Å². The van der Waals surface area contributed by atoms with Crippen molar-refractivity contribution >= 4 is 33.2 Å². The van der Waals surface area contributed by atoms with Crippen molar-refractivity contribution in [3.8, 4) is 0 Å². The minimum atomic E-state index is -3.69. The summed E-state index contributed by atoms with van der Waals surface area (Å²) in [5, 5.41) is 0.538. The molecular formula is C17H17ClN2O3S. The van der Waals surface area contributed by atoms with Crippen molar-refractivity contribution in [2.24, 2.45) is 0 Å². The number of hydrogen-bond donors (Lipinski definition) is 1. The highest BCUT2D eigenvalue weighted by atomic mass is 35.5. The Kier molecular flexibility index (Phi) is 4.51. The Morgan fingerprint density at radius 3 is 2.50 bits per heavy atom. The van der Waals surface area contributed by atoms with Crippen LogP contribution in [0.15, 0.2) is 47.4 Å². The lowest BCUT2D eigenvalue weighted by Gasteiger charge is -2.28. The lowest BCUT2D eigenvalue weighted by molar-refractivity contribution is -0.129. The highest BCUT2D eigenvalue weighted by Gasteiger charge is 2.21. The van der Waals surface area contributed by atoms with Crippen LogP contribution in [0, 0.1) is 0 Å². The van der Waals surface area contributed by atoms with Gasteiger partial charge in [0, 0.05) is 30.7 Å². The van der Waals surface area contributed by atoms with E-state index in [1.807, 2.05) is 6.07 Å². The Balaban J connectivity index is 1.87. The third-order valence-electron chi connectivity index (χ3n) is 4.04. The quantitative estimate of drug-likeness (QED) is 0.910. The molecule has 1 aliphatic heterocycles. The predicted octanol–water partition coefficient (Wildman–Crippen LogP) is 3.05. The molecule has 0 radical (unpaired) electrons. The summed E-state index contributed by atoms with van der Waals surface area (Å²) in [6.45, 7) is 2.63. The van der Waals surface area contributed by atoms with Gasteiger partial charge in [-0.15, -0.1) is 0 Å². The monoisotopic (exact) mass is 364 g/mol. The topological polar surface area (TPSA) is 66.5 Å². The lowest BCUT2D eigenvalue weighted by Crippen LogP contribution is -2.34. The third-order valence-corrected chi connectivity index (χ3v) is 5.67. The molecule has 126 valence electrons. The molecule has 0 saturated carbocycles. The van der Waals surface area contributed by atoms with Gasteiger partial charge in [-0.05, 0) is 53.9 Å². The zero-order chi connectivity index (χ0) is 17.3. The minimum Gasteiger partial charge on any atom is -0.338 e. The molecule has 2 aromatic carbocycles. The predicted molar refractivity (Wildman–Crippen MR) is 93.5 cm³/mol. The van der Waals surface area contributed by atoms with Gasteiger partial charge in [0.1, 0.15) is 0 Å². The van der Waals surface area contributed by atoms with E-state index in [0.717, 1.165) is 17.5 Å². The number of nitrogens with zero attached hydrogens (tertiary/aromatic N) is 1. The minimum absolute atomic E-state index is 0.00630. The Morgan fingerprint density at radius 1 is 1.12 bits per heavy atom. The van der Waals surface area contributed by atoms with Gasteiger partial charge in [-0.25, -0.2) is 8.42 Å². The smallest absolute Gasteiger partial charge is 0.261 e. The maximum Gasteiger partial charge on any atom is 0.261 e. The molecule has 3 rings (SSSR count). The second-order valence-corrected chi connectivity index (χ2v) is 7.85. The first-order chi connectivity index (χ1) is 11.3. The van der Waals surface area contributed by atoms with E-state index in [9.17, 15) is 13.2 Å². The number of rotatable bonds is 3. The lowest BCUT2D eigenvalue weighted by atomic mass is 10.00. The Hall–Kier alpha value is -2.05. The number of amides is 1. The fourth-order valence-electron chi connectivity index (χ4n) is 2.70. The number of anilines is 1. The number of halogens is 1. The molecule has 0 bridgehead atoms. The number of carbonyl (C=O) groups excluding carboxylic acids is 1. The number of sulfonamides is 1. The van der Waals surface area contributed by atoms with Gasteiger partial charge < -0.3 is 4.90 Å². The maximum absolute atomic E-state index is 12.6. The van der Waals surface area contributed by atoms with Crippen LogP contribution in [0.1, 0.15) is 18.1 Å². The molecule has 0 aromatic heterocycles. The standard InChI is InChI=1S/C17H17ClN2O3S/c1-12(21)20-9-8-13-2-7-17(10-14(13)11-20)24(22,23)19-16-5-3-15(18)4-6-16/h2-7,10,19H,8-9,11H2,1H3. The van der Waals surface area contributed by atoms with Gasteiger partial charge in [0.2, 0.25) is 5.91 Å². The number of hydrogen-bond acceptors (Lipinski definition) is 3. The second-order valence-electron chi connectivity index (χ2n) is 5.73. The zero-order valence-electron chi connectivity index (χ0n) is 13.1. The highest BCUT2D eigenvalue weighted by molar-refractivity contribution is 7.92. The second kappa shape index (κ2) is 6.45. The van der Waals surface area contributed by atoms with Crippen LogP contribution in [0.4, 0.5) is 5.69 Å². The van der Waals surface area contributed by atoms with E-state index in [4.69, 9.17) is 11.6 Å². The molecular weight excluding hydrogens is 348 g/mol. The molecule has 0 spiro atoms. The molecule has 1 heterocycles. The van der Waals surface area contributed by atoms with Crippen LogP contribution in [0.5, 0.6) is 0 Å². The summed E-state index contributed by atoms with van der Waals surface area (Å²) in [5.41, 5.74) is 2.40. The average molecular weight is 365 g/mol. The van der Waals surface area contributed by atoms with Crippen LogP contribution < -0.4 is 4.72 Å². The highest BCUT2D eigenvalue weighted by Crippen LogP contribution is 2.24. The van der Waals surface area contributed by atoms with Crippen LogP contribution in [0.3, 0.4) is 0 Å². The van der Waals surface area contributed by atoms with Crippen LogP contribution in [0.25, 0.3) is 0 Å². The van der Waals surface area contributed by atoms with Crippen molar-refractivity contribution in [1.29, 1.82) is 0 Å². The fourth-order valence-corrected chi connectivity index (χ4v) is 3.94. The largest absolute Gasteiger partial charge is 0.338 e. The van der Waals surface area contributed by atoms with Gasteiger partial charge in [-0.1, -0.05) is 17.7 Å². The van der Waals surface area contributed by atoms with Crippen molar-refractivity contribution in [3.05, 3.63) is 58.6 Å². The molecule has 0 aliphatic carbocycles. The fraction of sp³-hybridized carbons (Fsp3) is 0.235. The van der Waals surface area contributed by atoms with E-state index in [1.165, 1.54) is 6.92 Å². The molecule has 7 heteroatoms. The molecule has 1 N–H and O–H groups in total. The summed E-state index contributed by atoms with van der Waals surface area (Å²) >= 11 is 5.81. The Labute approximate surface area is 146 Å². The molecule has 0 fully saturated rings. The van der Waals surface area contributed by atoms with Crippen molar-refractivity contribution in [2.45, 2.75) is 24.8 Å². The van der Waals surface area contributed by atoms with Crippen LogP contribution in [-0.4, -0.2) is 25.8 Å². The van der Waals surface area contributed by atoms with E-state index in [-0.39, 0.29) is 10.8 Å². The summed E-state index contributed by atoms with van der Waals surface area (Å²) in [4.78, 5) is 13.4. The van der Waals surface area contributed by atoms with E-state index in [0.29, 0.717) is 23.8 Å². The first kappa shape index (κ1) is 16.8. The Morgan fingerprint density at radius 2 is 1.83 bits per heavy atom. The maximum atomic E-state index is 12.6. The molecule has 24 heavy (non-hydrogen) atoms. The average Bonchev–Trinajstić information content (AvgIpc) is 2.55. The van der Waals surface area contributed by atoms with Crippen molar-refractivity contribution < 1.29 is 13.2 Å². The van der Waals surface area contributed by atoms with E-state index in [1.54, 1.807) is 41.3 Å². The van der Waals surface area contributed by atoms with Crippen molar-refractivity contribution in [2.75, 3.05) is 11.3 Å². The molecule has 1 aliphatic rings. The first-order valence-corrected chi connectivity index (χ1v) is 9.37. The Bertz CT molecular complexity index is 879. The zero-order valence-corrected chi connectivity index (χ0v) is 14.7. The molecule has 0 atom stereocenters. The molecule has 5 nitrogen and oxygen atoms in total.